The highest BCUT2D eigenvalue weighted by Gasteiger charge is 2.28. The second-order valence-electron chi connectivity index (χ2n) is 6.33. The molecule has 0 amide bonds. The maximum absolute atomic E-state index is 4.47. The lowest BCUT2D eigenvalue weighted by molar-refractivity contribution is 0.161. The lowest BCUT2D eigenvalue weighted by atomic mass is 10.1. The van der Waals surface area contributed by atoms with Crippen LogP contribution in [0.1, 0.15) is 43.9 Å². The van der Waals surface area contributed by atoms with Gasteiger partial charge >= 0.3 is 0 Å². The standard InChI is InChI=1S/C16H28N4S/c1-2-7-17-16-18-11-15(21-16)13-19-10-6-14(12-19)20-8-4-3-5-9-20/h11,14H,2-10,12-13H2,1H3,(H,17,18). The second-order valence-corrected chi connectivity index (χ2v) is 7.45. The minimum atomic E-state index is 0.802. The lowest BCUT2D eigenvalue weighted by Gasteiger charge is -2.32. The highest BCUT2D eigenvalue weighted by molar-refractivity contribution is 7.15. The summed E-state index contributed by atoms with van der Waals surface area (Å²) in [4.78, 5) is 11.2. The topological polar surface area (TPSA) is 31.4 Å². The molecule has 0 bridgehead atoms. The molecule has 0 aliphatic carbocycles. The first-order valence-corrected chi connectivity index (χ1v) is 9.32. The van der Waals surface area contributed by atoms with Gasteiger partial charge in [-0.1, -0.05) is 13.3 Å². The van der Waals surface area contributed by atoms with E-state index in [2.05, 4.69) is 33.2 Å². The molecule has 1 aromatic rings. The van der Waals surface area contributed by atoms with Crippen LogP contribution in [0.25, 0.3) is 0 Å². The molecule has 3 heterocycles. The Morgan fingerprint density at radius 3 is 2.95 bits per heavy atom. The van der Waals surface area contributed by atoms with Crippen molar-refractivity contribution in [3.63, 3.8) is 0 Å². The molecule has 0 radical (unpaired) electrons. The van der Waals surface area contributed by atoms with Crippen molar-refractivity contribution in [2.24, 2.45) is 0 Å². The molecule has 1 atom stereocenters. The molecule has 1 aromatic heterocycles. The molecule has 0 spiro atoms. The molecule has 118 valence electrons. The van der Waals surface area contributed by atoms with Gasteiger partial charge in [0.1, 0.15) is 0 Å². The average Bonchev–Trinajstić information content (AvgIpc) is 3.16. The number of hydrogen-bond acceptors (Lipinski definition) is 5. The lowest BCUT2D eigenvalue weighted by Crippen LogP contribution is -2.40. The zero-order valence-electron chi connectivity index (χ0n) is 13.2. The summed E-state index contributed by atoms with van der Waals surface area (Å²) in [6.07, 6.45) is 8.78. The van der Waals surface area contributed by atoms with Gasteiger partial charge in [0.15, 0.2) is 5.13 Å². The third kappa shape index (κ3) is 4.18. The van der Waals surface area contributed by atoms with Crippen molar-refractivity contribution in [1.82, 2.24) is 14.8 Å². The fraction of sp³-hybridized carbons (Fsp3) is 0.812. The fourth-order valence-electron chi connectivity index (χ4n) is 3.45. The summed E-state index contributed by atoms with van der Waals surface area (Å²) < 4.78 is 0. The molecule has 1 N–H and O–H groups in total. The van der Waals surface area contributed by atoms with Crippen LogP contribution in [-0.4, -0.2) is 53.5 Å². The highest BCUT2D eigenvalue weighted by Crippen LogP contribution is 2.24. The van der Waals surface area contributed by atoms with Crippen molar-refractivity contribution in [3.05, 3.63) is 11.1 Å². The Bertz CT molecular complexity index is 428. The number of rotatable bonds is 6. The first-order chi connectivity index (χ1) is 10.3. The van der Waals surface area contributed by atoms with Gasteiger partial charge in [-0.15, -0.1) is 11.3 Å². The molecular formula is C16H28N4S. The van der Waals surface area contributed by atoms with Crippen molar-refractivity contribution in [2.45, 2.75) is 51.6 Å². The molecule has 2 saturated heterocycles. The number of nitrogens with zero attached hydrogens (tertiary/aromatic N) is 3. The fourth-order valence-corrected chi connectivity index (χ4v) is 4.33. The molecular weight excluding hydrogens is 280 g/mol. The summed E-state index contributed by atoms with van der Waals surface area (Å²) in [5, 5.41) is 4.46. The maximum Gasteiger partial charge on any atom is 0.182 e. The molecule has 2 aliphatic heterocycles. The first kappa shape index (κ1) is 15.3. The van der Waals surface area contributed by atoms with E-state index in [9.17, 15) is 0 Å². The van der Waals surface area contributed by atoms with Crippen molar-refractivity contribution in [3.8, 4) is 0 Å². The Hall–Kier alpha value is -0.650. The van der Waals surface area contributed by atoms with Gasteiger partial charge in [0.2, 0.25) is 0 Å². The van der Waals surface area contributed by atoms with Crippen molar-refractivity contribution in [1.29, 1.82) is 0 Å². The molecule has 0 saturated carbocycles. The molecule has 21 heavy (non-hydrogen) atoms. The van der Waals surface area contributed by atoms with Crippen LogP contribution >= 0.6 is 11.3 Å². The van der Waals surface area contributed by atoms with Crippen molar-refractivity contribution < 1.29 is 0 Å². The number of hydrogen-bond donors (Lipinski definition) is 1. The van der Waals surface area contributed by atoms with E-state index in [4.69, 9.17) is 0 Å². The van der Waals surface area contributed by atoms with Gasteiger partial charge in [0, 0.05) is 43.3 Å². The van der Waals surface area contributed by atoms with Gasteiger partial charge in [-0.25, -0.2) is 4.98 Å². The number of aromatic nitrogens is 1. The van der Waals surface area contributed by atoms with Crippen LogP contribution in [0.15, 0.2) is 6.20 Å². The van der Waals surface area contributed by atoms with Crippen LogP contribution in [0.5, 0.6) is 0 Å². The molecule has 2 aliphatic rings. The number of piperidine rings is 1. The van der Waals surface area contributed by atoms with Crippen molar-refractivity contribution >= 4 is 16.5 Å². The van der Waals surface area contributed by atoms with Crippen LogP contribution in [-0.2, 0) is 6.54 Å². The third-order valence-electron chi connectivity index (χ3n) is 4.61. The maximum atomic E-state index is 4.47. The van der Waals surface area contributed by atoms with Crippen LogP contribution < -0.4 is 5.32 Å². The number of thiazole rings is 1. The van der Waals surface area contributed by atoms with Crippen LogP contribution in [0, 0.1) is 0 Å². The van der Waals surface area contributed by atoms with Gasteiger partial charge < -0.3 is 5.32 Å². The summed E-state index contributed by atoms with van der Waals surface area (Å²) in [5.74, 6) is 0. The third-order valence-corrected chi connectivity index (χ3v) is 5.55. The SMILES string of the molecule is CCCNc1ncc(CN2CCC(N3CCCCC3)C2)s1. The average molecular weight is 308 g/mol. The first-order valence-electron chi connectivity index (χ1n) is 8.50. The summed E-state index contributed by atoms with van der Waals surface area (Å²) in [6, 6.07) is 0.802. The smallest absolute Gasteiger partial charge is 0.182 e. The number of likely N-dealkylation sites (tertiary alicyclic amines) is 2. The molecule has 4 nitrogen and oxygen atoms in total. The normalized spacial score (nSPS) is 24.5. The Morgan fingerprint density at radius 2 is 2.14 bits per heavy atom. The highest BCUT2D eigenvalue weighted by atomic mass is 32.1. The second kappa shape index (κ2) is 7.56. The van der Waals surface area contributed by atoms with Crippen LogP contribution in [0.3, 0.4) is 0 Å². The Labute approximate surface area is 132 Å². The number of anilines is 1. The van der Waals surface area contributed by atoms with E-state index in [1.54, 1.807) is 0 Å². The van der Waals surface area contributed by atoms with Gasteiger partial charge in [0.05, 0.1) is 0 Å². The minimum absolute atomic E-state index is 0.802. The molecule has 3 rings (SSSR count). The summed E-state index contributed by atoms with van der Waals surface area (Å²) in [5.41, 5.74) is 0. The van der Waals surface area contributed by atoms with E-state index >= 15 is 0 Å². The van der Waals surface area contributed by atoms with E-state index in [-0.39, 0.29) is 0 Å². The van der Waals surface area contributed by atoms with Gasteiger partial charge in [0.25, 0.3) is 0 Å². The van der Waals surface area contributed by atoms with Crippen molar-refractivity contribution in [2.75, 3.05) is 38.0 Å². The Morgan fingerprint density at radius 1 is 1.29 bits per heavy atom. The zero-order valence-corrected chi connectivity index (χ0v) is 14.0. The van der Waals surface area contributed by atoms with Gasteiger partial charge in [-0.3, -0.25) is 9.80 Å². The zero-order chi connectivity index (χ0) is 14.5. The Kier molecular flexibility index (Phi) is 5.49. The largest absolute Gasteiger partial charge is 0.362 e. The molecule has 1 unspecified atom stereocenters. The summed E-state index contributed by atoms with van der Waals surface area (Å²) >= 11 is 1.82. The van der Waals surface area contributed by atoms with Gasteiger partial charge in [-0.2, -0.15) is 0 Å². The quantitative estimate of drug-likeness (QED) is 0.875. The monoisotopic (exact) mass is 308 g/mol. The molecule has 5 heteroatoms. The number of nitrogens with one attached hydrogen (secondary N) is 1. The predicted molar refractivity (Wildman–Crippen MR) is 90.0 cm³/mol. The van der Waals surface area contributed by atoms with Crippen LogP contribution in [0.4, 0.5) is 5.13 Å². The van der Waals surface area contributed by atoms with Crippen LogP contribution in [0.2, 0.25) is 0 Å². The van der Waals surface area contributed by atoms with E-state index in [0.29, 0.717) is 0 Å². The van der Waals surface area contributed by atoms with Gasteiger partial charge in [-0.05, 0) is 38.8 Å². The molecule has 2 fully saturated rings. The summed E-state index contributed by atoms with van der Waals surface area (Å²) in [7, 11) is 0. The van der Waals surface area contributed by atoms with E-state index in [0.717, 1.165) is 30.7 Å². The van der Waals surface area contributed by atoms with E-state index in [1.165, 1.54) is 56.7 Å². The summed E-state index contributed by atoms with van der Waals surface area (Å²) in [6.45, 7) is 9.43. The predicted octanol–water partition coefficient (Wildman–Crippen LogP) is 3.03. The van der Waals surface area contributed by atoms with E-state index < -0.39 is 0 Å². The molecule has 0 aromatic carbocycles. The Balaban J connectivity index is 1.46. The minimum Gasteiger partial charge on any atom is -0.362 e. The van der Waals surface area contributed by atoms with E-state index in [1.807, 2.05) is 11.3 Å².